The molecular weight excluding hydrogens is 214 g/mol. The van der Waals surface area contributed by atoms with Crippen molar-refractivity contribution in [3.8, 4) is 0 Å². The number of aromatic nitrogens is 2. The molecule has 0 unspecified atom stereocenters. The first kappa shape index (κ1) is 11.8. The van der Waals surface area contributed by atoms with Crippen LogP contribution in [0.1, 0.15) is 13.8 Å². The molecule has 1 atom stereocenters. The van der Waals surface area contributed by atoms with E-state index in [1.165, 1.54) is 0 Å². The summed E-state index contributed by atoms with van der Waals surface area (Å²) in [7, 11) is 0. The van der Waals surface area contributed by atoms with Crippen molar-refractivity contribution in [2.45, 2.75) is 19.9 Å². The molecule has 4 heteroatoms. The van der Waals surface area contributed by atoms with Crippen LogP contribution in [0.2, 0.25) is 0 Å². The van der Waals surface area contributed by atoms with Gasteiger partial charge in [0.1, 0.15) is 0 Å². The van der Waals surface area contributed by atoms with Gasteiger partial charge in [0.25, 0.3) is 0 Å². The van der Waals surface area contributed by atoms with E-state index >= 15 is 0 Å². The average molecular weight is 231 g/mol. The normalized spacial score (nSPS) is 12.9. The molecule has 0 spiro atoms. The fraction of sp³-hybridized carbons (Fsp3) is 0.385. The van der Waals surface area contributed by atoms with Crippen molar-refractivity contribution in [2.24, 2.45) is 5.92 Å². The van der Waals surface area contributed by atoms with Crippen molar-refractivity contribution in [2.75, 3.05) is 11.9 Å². The summed E-state index contributed by atoms with van der Waals surface area (Å²) in [6.45, 7) is 4.25. The van der Waals surface area contributed by atoms with Gasteiger partial charge in [-0.15, -0.1) is 0 Å². The maximum absolute atomic E-state index is 9.33. The molecule has 0 amide bonds. The van der Waals surface area contributed by atoms with Gasteiger partial charge in [-0.25, -0.2) is 0 Å². The predicted molar refractivity (Wildman–Crippen MR) is 68.9 cm³/mol. The SMILES string of the molecule is CC(C)[C@@H](CO)Nc1cnnc2ccccc12. The first-order valence-corrected chi connectivity index (χ1v) is 5.80. The molecule has 1 heterocycles. The zero-order chi connectivity index (χ0) is 12.3. The van der Waals surface area contributed by atoms with Gasteiger partial charge < -0.3 is 10.4 Å². The lowest BCUT2D eigenvalue weighted by Gasteiger charge is -2.21. The highest BCUT2D eigenvalue weighted by Crippen LogP contribution is 2.21. The van der Waals surface area contributed by atoms with Crippen LogP contribution in [-0.4, -0.2) is 28.0 Å². The summed E-state index contributed by atoms with van der Waals surface area (Å²) in [5, 5.41) is 21.7. The van der Waals surface area contributed by atoms with E-state index < -0.39 is 0 Å². The van der Waals surface area contributed by atoms with Gasteiger partial charge in [-0.05, 0) is 12.0 Å². The van der Waals surface area contributed by atoms with Gasteiger partial charge in [0.2, 0.25) is 0 Å². The Morgan fingerprint density at radius 2 is 2.06 bits per heavy atom. The van der Waals surface area contributed by atoms with E-state index in [-0.39, 0.29) is 12.6 Å². The summed E-state index contributed by atoms with van der Waals surface area (Å²) in [6.07, 6.45) is 1.70. The Morgan fingerprint density at radius 1 is 1.29 bits per heavy atom. The largest absolute Gasteiger partial charge is 0.394 e. The molecule has 0 aliphatic heterocycles. The summed E-state index contributed by atoms with van der Waals surface area (Å²) in [6, 6.07) is 7.87. The summed E-state index contributed by atoms with van der Waals surface area (Å²) in [5.41, 5.74) is 1.78. The molecule has 0 saturated carbocycles. The zero-order valence-electron chi connectivity index (χ0n) is 10.1. The Morgan fingerprint density at radius 3 is 2.76 bits per heavy atom. The zero-order valence-corrected chi connectivity index (χ0v) is 10.1. The minimum atomic E-state index is 0.0302. The van der Waals surface area contributed by atoms with Crippen LogP contribution in [0.4, 0.5) is 5.69 Å². The molecular formula is C13H17N3O. The second-order valence-corrected chi connectivity index (χ2v) is 4.45. The molecule has 2 rings (SSSR count). The Balaban J connectivity index is 2.35. The Labute approximate surface area is 101 Å². The maximum atomic E-state index is 9.33. The molecule has 2 aromatic rings. The van der Waals surface area contributed by atoms with Crippen molar-refractivity contribution in [1.29, 1.82) is 0 Å². The Kier molecular flexibility index (Phi) is 3.54. The number of anilines is 1. The molecule has 0 aliphatic rings. The van der Waals surface area contributed by atoms with Crippen molar-refractivity contribution in [3.63, 3.8) is 0 Å². The van der Waals surface area contributed by atoms with E-state index in [1.54, 1.807) is 6.20 Å². The minimum absolute atomic E-state index is 0.0302. The van der Waals surface area contributed by atoms with Crippen LogP contribution < -0.4 is 5.32 Å². The van der Waals surface area contributed by atoms with E-state index in [0.29, 0.717) is 5.92 Å². The molecule has 0 radical (unpaired) electrons. The summed E-state index contributed by atoms with van der Waals surface area (Å²) in [4.78, 5) is 0. The lowest BCUT2D eigenvalue weighted by Crippen LogP contribution is -2.29. The molecule has 0 aliphatic carbocycles. The van der Waals surface area contributed by atoms with Crippen molar-refractivity contribution < 1.29 is 5.11 Å². The monoisotopic (exact) mass is 231 g/mol. The van der Waals surface area contributed by atoms with Crippen molar-refractivity contribution in [3.05, 3.63) is 30.5 Å². The highest BCUT2D eigenvalue weighted by molar-refractivity contribution is 5.90. The highest BCUT2D eigenvalue weighted by atomic mass is 16.3. The second kappa shape index (κ2) is 5.10. The molecule has 90 valence electrons. The lowest BCUT2D eigenvalue weighted by atomic mass is 10.0. The van der Waals surface area contributed by atoms with Crippen LogP contribution in [0.3, 0.4) is 0 Å². The maximum Gasteiger partial charge on any atom is 0.0950 e. The molecule has 0 bridgehead atoms. The van der Waals surface area contributed by atoms with E-state index in [2.05, 4.69) is 29.4 Å². The number of rotatable bonds is 4. The predicted octanol–water partition coefficient (Wildman–Crippen LogP) is 2.06. The number of nitrogens with one attached hydrogen (secondary N) is 1. The van der Waals surface area contributed by atoms with Gasteiger partial charge >= 0.3 is 0 Å². The number of hydrogen-bond acceptors (Lipinski definition) is 4. The van der Waals surface area contributed by atoms with Crippen molar-refractivity contribution >= 4 is 16.6 Å². The number of aliphatic hydroxyl groups excluding tert-OH is 1. The van der Waals surface area contributed by atoms with Crippen LogP contribution in [0.5, 0.6) is 0 Å². The van der Waals surface area contributed by atoms with Crippen LogP contribution in [-0.2, 0) is 0 Å². The standard InChI is InChI=1S/C13H17N3O/c1-9(2)13(8-17)15-12-7-14-16-11-6-4-3-5-10(11)12/h3-7,9,13,17H,8H2,1-2H3,(H,15,16)/t13-/m1/s1. The van der Waals surface area contributed by atoms with Gasteiger partial charge in [-0.2, -0.15) is 10.2 Å². The first-order chi connectivity index (χ1) is 8.22. The third-order valence-corrected chi connectivity index (χ3v) is 2.89. The number of fused-ring (bicyclic) bond motifs is 1. The smallest absolute Gasteiger partial charge is 0.0950 e. The van der Waals surface area contributed by atoms with Crippen molar-refractivity contribution in [1.82, 2.24) is 10.2 Å². The van der Waals surface area contributed by atoms with Crippen LogP contribution in [0, 0.1) is 5.92 Å². The fourth-order valence-corrected chi connectivity index (χ4v) is 1.74. The van der Waals surface area contributed by atoms with E-state index in [1.807, 2.05) is 24.3 Å². The Hall–Kier alpha value is -1.68. The molecule has 1 aromatic carbocycles. The third kappa shape index (κ3) is 2.53. The molecule has 1 aromatic heterocycles. The number of benzene rings is 1. The fourth-order valence-electron chi connectivity index (χ4n) is 1.74. The van der Waals surface area contributed by atoms with E-state index in [4.69, 9.17) is 0 Å². The van der Waals surface area contributed by atoms with Gasteiger partial charge in [0, 0.05) is 5.39 Å². The highest BCUT2D eigenvalue weighted by Gasteiger charge is 2.13. The minimum Gasteiger partial charge on any atom is -0.394 e. The van der Waals surface area contributed by atoms with Crippen LogP contribution in [0.15, 0.2) is 30.5 Å². The van der Waals surface area contributed by atoms with Crippen LogP contribution >= 0.6 is 0 Å². The quantitative estimate of drug-likeness (QED) is 0.845. The first-order valence-electron chi connectivity index (χ1n) is 5.80. The second-order valence-electron chi connectivity index (χ2n) is 4.45. The van der Waals surface area contributed by atoms with Gasteiger partial charge in [0.15, 0.2) is 0 Å². The number of hydrogen-bond donors (Lipinski definition) is 2. The molecule has 17 heavy (non-hydrogen) atoms. The number of nitrogens with zero attached hydrogens (tertiary/aromatic N) is 2. The average Bonchev–Trinajstić information content (AvgIpc) is 2.35. The number of aliphatic hydroxyl groups is 1. The van der Waals surface area contributed by atoms with E-state index in [9.17, 15) is 5.11 Å². The van der Waals surface area contributed by atoms with Gasteiger partial charge in [-0.1, -0.05) is 32.0 Å². The lowest BCUT2D eigenvalue weighted by molar-refractivity contribution is 0.249. The molecule has 4 nitrogen and oxygen atoms in total. The van der Waals surface area contributed by atoms with Crippen LogP contribution in [0.25, 0.3) is 10.9 Å². The molecule has 2 N–H and O–H groups in total. The molecule has 0 fully saturated rings. The van der Waals surface area contributed by atoms with Gasteiger partial charge in [0.05, 0.1) is 30.0 Å². The summed E-state index contributed by atoms with van der Waals surface area (Å²) >= 11 is 0. The molecule has 0 saturated heterocycles. The third-order valence-electron chi connectivity index (χ3n) is 2.89. The summed E-state index contributed by atoms with van der Waals surface area (Å²) < 4.78 is 0. The Bertz CT molecular complexity index is 493. The van der Waals surface area contributed by atoms with Gasteiger partial charge in [-0.3, -0.25) is 0 Å². The summed E-state index contributed by atoms with van der Waals surface area (Å²) in [5.74, 6) is 0.354. The van der Waals surface area contributed by atoms with E-state index in [0.717, 1.165) is 16.6 Å². The topological polar surface area (TPSA) is 58.0 Å².